The molecule has 0 aliphatic heterocycles. The predicted octanol–water partition coefficient (Wildman–Crippen LogP) is 6.22. The molecule has 0 N–H and O–H groups in total. The van der Waals surface area contributed by atoms with Crippen molar-refractivity contribution >= 4 is 0 Å². The minimum Gasteiger partial charge on any atom is -0.466 e. The van der Waals surface area contributed by atoms with E-state index in [0.29, 0.717) is 6.04 Å². The van der Waals surface area contributed by atoms with E-state index >= 15 is 0 Å². The van der Waals surface area contributed by atoms with Gasteiger partial charge in [-0.2, -0.15) is 0 Å². The van der Waals surface area contributed by atoms with E-state index in [9.17, 15) is 0 Å². The Balaban J connectivity index is 2.39. The minimum atomic E-state index is 0.658. The van der Waals surface area contributed by atoms with Gasteiger partial charge in [0.15, 0.2) is 0 Å². The van der Waals surface area contributed by atoms with E-state index in [-0.39, 0.29) is 0 Å². The zero-order valence-electron chi connectivity index (χ0n) is 14.2. The zero-order valence-corrected chi connectivity index (χ0v) is 13.2. The number of furan rings is 1. The normalized spacial score (nSPS) is 11.8. The molecular weight excluding hydrogens is 232 g/mol. The van der Waals surface area contributed by atoms with Crippen LogP contribution in [0.3, 0.4) is 0 Å². The summed E-state index contributed by atoms with van der Waals surface area (Å²) in [4.78, 5) is 0. The van der Waals surface area contributed by atoms with Crippen molar-refractivity contribution in [1.82, 2.24) is 0 Å². The van der Waals surface area contributed by atoms with E-state index in [0.717, 1.165) is 36.3 Å². The van der Waals surface area contributed by atoms with E-state index in [2.05, 4.69) is 13.8 Å². The Morgan fingerprint density at radius 1 is 0.895 bits per heavy atom. The van der Waals surface area contributed by atoms with Crippen molar-refractivity contribution in [2.45, 2.75) is 91.4 Å². The maximum atomic E-state index is 8.16. The Kier molecular flexibility index (Phi) is 7.82. The highest BCUT2D eigenvalue weighted by molar-refractivity contribution is 5.20. The largest absolute Gasteiger partial charge is 0.466 e. The molecule has 0 bridgehead atoms. The van der Waals surface area contributed by atoms with E-state index in [4.69, 9.17) is 5.79 Å². The van der Waals surface area contributed by atoms with Crippen molar-refractivity contribution in [3.8, 4) is 0 Å². The van der Waals surface area contributed by atoms with Crippen LogP contribution in [0.2, 0.25) is 0 Å². The lowest BCUT2D eigenvalue weighted by Gasteiger charge is -2.00. The first-order valence-electron chi connectivity index (χ1n) is 8.78. The third-order valence-electron chi connectivity index (χ3n) is 3.76. The summed E-state index contributed by atoms with van der Waals surface area (Å²) in [6.07, 6.45) is 13.3. The van der Waals surface area contributed by atoms with Gasteiger partial charge in [-0.3, -0.25) is 0 Å². The SMILES string of the molecule is [2H]c1c(CCCCCCC)oc(CCCCCC)c1C. The van der Waals surface area contributed by atoms with Crippen LogP contribution in [0.1, 0.15) is 90.1 Å². The van der Waals surface area contributed by atoms with Crippen LogP contribution in [-0.4, -0.2) is 0 Å². The van der Waals surface area contributed by atoms with Crippen LogP contribution < -0.4 is 0 Å². The highest BCUT2D eigenvalue weighted by atomic mass is 16.3. The first kappa shape index (κ1) is 14.7. The van der Waals surface area contributed by atoms with Gasteiger partial charge in [0.25, 0.3) is 0 Å². The molecule has 19 heavy (non-hydrogen) atoms. The summed E-state index contributed by atoms with van der Waals surface area (Å²) >= 11 is 0. The van der Waals surface area contributed by atoms with Crippen LogP contribution in [0.5, 0.6) is 0 Å². The van der Waals surface area contributed by atoms with Crippen molar-refractivity contribution in [2.24, 2.45) is 0 Å². The van der Waals surface area contributed by atoms with Gasteiger partial charge in [0.1, 0.15) is 11.5 Å². The summed E-state index contributed by atoms with van der Waals surface area (Å²) in [6.45, 7) is 6.51. The standard InChI is InChI=1S/C18H32O/c1-4-6-8-10-11-13-17-15-16(3)18(19-17)14-12-9-7-5-2/h15H,4-14H2,1-3H3/i15D. The molecule has 1 aromatic heterocycles. The van der Waals surface area contributed by atoms with Gasteiger partial charge in [-0.15, -0.1) is 0 Å². The Bertz CT molecular complexity index is 368. The number of hydrogen-bond acceptors (Lipinski definition) is 1. The molecule has 0 aliphatic rings. The molecule has 0 unspecified atom stereocenters. The number of aryl methyl sites for hydroxylation is 2. The highest BCUT2D eigenvalue weighted by Gasteiger charge is 2.07. The Labute approximate surface area is 121 Å². The van der Waals surface area contributed by atoms with Gasteiger partial charge in [-0.1, -0.05) is 58.8 Å². The molecule has 0 fully saturated rings. The molecule has 1 aromatic rings. The second-order valence-electron chi connectivity index (χ2n) is 5.67. The Morgan fingerprint density at radius 3 is 2.16 bits per heavy atom. The Hall–Kier alpha value is -0.720. The molecule has 0 aliphatic carbocycles. The fourth-order valence-corrected chi connectivity index (χ4v) is 2.48. The van der Waals surface area contributed by atoms with Crippen molar-refractivity contribution in [1.29, 1.82) is 0 Å². The molecule has 0 amide bonds. The van der Waals surface area contributed by atoms with Gasteiger partial charge in [-0.25, -0.2) is 0 Å². The molecule has 110 valence electrons. The predicted molar refractivity (Wildman–Crippen MR) is 83.8 cm³/mol. The van der Waals surface area contributed by atoms with Crippen LogP contribution in [0, 0.1) is 6.92 Å². The van der Waals surface area contributed by atoms with Crippen molar-refractivity contribution in [2.75, 3.05) is 0 Å². The molecule has 0 radical (unpaired) electrons. The Morgan fingerprint density at radius 2 is 1.47 bits per heavy atom. The van der Waals surface area contributed by atoms with E-state index < -0.39 is 0 Å². The maximum absolute atomic E-state index is 8.16. The zero-order chi connectivity index (χ0) is 14.8. The maximum Gasteiger partial charge on any atom is 0.107 e. The first-order chi connectivity index (χ1) is 9.70. The van der Waals surface area contributed by atoms with Crippen molar-refractivity contribution < 1.29 is 5.79 Å². The molecular formula is C18H32O. The number of hydrogen-bond donors (Lipinski definition) is 0. The average molecular weight is 265 g/mol. The van der Waals surface area contributed by atoms with Gasteiger partial charge >= 0.3 is 0 Å². The third kappa shape index (κ3) is 6.84. The fourth-order valence-electron chi connectivity index (χ4n) is 2.48. The summed E-state index contributed by atoms with van der Waals surface area (Å²) in [6, 6.07) is 0.658. The third-order valence-corrected chi connectivity index (χ3v) is 3.76. The van der Waals surface area contributed by atoms with Crippen molar-refractivity contribution in [3.63, 3.8) is 0 Å². The van der Waals surface area contributed by atoms with Gasteiger partial charge in [0.2, 0.25) is 0 Å². The lowest BCUT2D eigenvalue weighted by Crippen LogP contribution is -1.86. The number of rotatable bonds is 11. The summed E-state index contributed by atoms with van der Waals surface area (Å²) in [5.74, 6) is 1.99. The molecule has 0 aromatic carbocycles. The van der Waals surface area contributed by atoms with Crippen LogP contribution >= 0.6 is 0 Å². The summed E-state index contributed by atoms with van der Waals surface area (Å²) < 4.78 is 14.1. The molecule has 1 heterocycles. The van der Waals surface area contributed by atoms with Gasteiger partial charge in [-0.05, 0) is 31.4 Å². The quantitative estimate of drug-likeness (QED) is 0.433. The molecule has 0 atom stereocenters. The topological polar surface area (TPSA) is 13.1 Å². The molecule has 0 saturated carbocycles. The fraction of sp³-hybridized carbons (Fsp3) is 0.778. The second kappa shape index (κ2) is 10.1. The van der Waals surface area contributed by atoms with Gasteiger partial charge < -0.3 is 4.42 Å². The lowest BCUT2D eigenvalue weighted by atomic mass is 10.1. The van der Waals surface area contributed by atoms with E-state index in [1.54, 1.807) is 0 Å². The molecule has 1 nitrogen and oxygen atoms in total. The first-order valence-corrected chi connectivity index (χ1v) is 8.28. The molecule has 0 saturated heterocycles. The second-order valence-corrected chi connectivity index (χ2v) is 5.67. The van der Waals surface area contributed by atoms with E-state index in [1.807, 2.05) is 6.92 Å². The molecule has 0 spiro atoms. The van der Waals surface area contributed by atoms with Gasteiger partial charge in [0, 0.05) is 12.8 Å². The smallest absolute Gasteiger partial charge is 0.107 e. The van der Waals surface area contributed by atoms with Crippen LogP contribution in [-0.2, 0) is 12.8 Å². The molecule has 1 rings (SSSR count). The summed E-state index contributed by atoms with van der Waals surface area (Å²) in [7, 11) is 0. The van der Waals surface area contributed by atoms with E-state index in [1.165, 1.54) is 51.4 Å². The monoisotopic (exact) mass is 265 g/mol. The minimum absolute atomic E-state index is 0.658. The lowest BCUT2D eigenvalue weighted by molar-refractivity contribution is 0.445. The average Bonchev–Trinajstić information content (AvgIpc) is 2.72. The highest BCUT2D eigenvalue weighted by Crippen LogP contribution is 2.19. The van der Waals surface area contributed by atoms with Crippen LogP contribution in [0.4, 0.5) is 0 Å². The van der Waals surface area contributed by atoms with Crippen molar-refractivity contribution in [3.05, 3.63) is 23.1 Å². The number of unbranched alkanes of at least 4 members (excludes halogenated alkanes) is 7. The summed E-state index contributed by atoms with van der Waals surface area (Å²) in [5.41, 5.74) is 1.07. The van der Waals surface area contributed by atoms with Crippen LogP contribution in [0.15, 0.2) is 10.5 Å². The van der Waals surface area contributed by atoms with Gasteiger partial charge in [0.05, 0.1) is 1.37 Å². The summed E-state index contributed by atoms with van der Waals surface area (Å²) in [5, 5.41) is 0. The molecule has 1 heteroatoms. The van der Waals surface area contributed by atoms with Crippen LogP contribution in [0.25, 0.3) is 0 Å².